The maximum Gasteiger partial charge on any atom is 0.234 e. The fourth-order valence-electron chi connectivity index (χ4n) is 3.98. The van der Waals surface area contributed by atoms with Gasteiger partial charge in [-0.3, -0.25) is 9.69 Å². The lowest BCUT2D eigenvalue weighted by Gasteiger charge is -2.35. The van der Waals surface area contributed by atoms with Crippen LogP contribution in [0.4, 0.5) is 5.69 Å². The standard InChI is InChI=1S/C23H28N6O/c1-18-23(19(2)29(26-18)21-10-6-7-11-24-21)28-14-12-27(13-15-28)17-22(30)25-16-20-8-4-3-5-9-20/h3-11H,12-17H2,1-2H3,(H,25,30). The van der Waals surface area contributed by atoms with E-state index >= 15 is 0 Å². The zero-order chi connectivity index (χ0) is 20.9. The molecule has 1 aliphatic rings. The molecule has 7 heteroatoms. The van der Waals surface area contributed by atoms with Crippen LogP contribution >= 0.6 is 0 Å². The number of carbonyl (C=O) groups is 1. The van der Waals surface area contributed by atoms with Crippen molar-refractivity contribution >= 4 is 11.6 Å². The van der Waals surface area contributed by atoms with E-state index in [4.69, 9.17) is 5.10 Å². The molecule has 0 aliphatic carbocycles. The second-order valence-electron chi connectivity index (χ2n) is 7.64. The van der Waals surface area contributed by atoms with E-state index in [2.05, 4.69) is 27.0 Å². The molecule has 30 heavy (non-hydrogen) atoms. The molecule has 1 saturated heterocycles. The minimum atomic E-state index is 0.0719. The molecule has 1 amide bonds. The highest BCUT2D eigenvalue weighted by Crippen LogP contribution is 2.27. The van der Waals surface area contributed by atoms with Crippen molar-refractivity contribution < 1.29 is 4.79 Å². The van der Waals surface area contributed by atoms with Crippen LogP contribution in [0.15, 0.2) is 54.7 Å². The summed E-state index contributed by atoms with van der Waals surface area (Å²) in [7, 11) is 0. The van der Waals surface area contributed by atoms with Crippen LogP contribution in [-0.4, -0.2) is 58.3 Å². The Morgan fingerprint density at radius 2 is 1.73 bits per heavy atom. The first-order valence-electron chi connectivity index (χ1n) is 10.4. The van der Waals surface area contributed by atoms with E-state index in [9.17, 15) is 4.79 Å². The summed E-state index contributed by atoms with van der Waals surface area (Å²) >= 11 is 0. The second-order valence-corrected chi connectivity index (χ2v) is 7.64. The molecule has 1 aromatic carbocycles. The van der Waals surface area contributed by atoms with Gasteiger partial charge in [-0.2, -0.15) is 5.10 Å². The predicted octanol–water partition coefficient (Wildman–Crippen LogP) is 2.32. The first-order valence-corrected chi connectivity index (χ1v) is 10.4. The highest BCUT2D eigenvalue weighted by atomic mass is 16.2. The van der Waals surface area contributed by atoms with E-state index in [0.29, 0.717) is 13.1 Å². The zero-order valence-electron chi connectivity index (χ0n) is 17.6. The van der Waals surface area contributed by atoms with Gasteiger partial charge in [0, 0.05) is 38.9 Å². The number of benzene rings is 1. The molecule has 0 unspecified atom stereocenters. The van der Waals surface area contributed by atoms with Gasteiger partial charge < -0.3 is 10.2 Å². The first kappa shape index (κ1) is 20.1. The number of anilines is 1. The molecule has 1 N–H and O–H groups in total. The summed E-state index contributed by atoms with van der Waals surface area (Å²) in [4.78, 5) is 21.3. The van der Waals surface area contributed by atoms with E-state index in [0.717, 1.165) is 48.9 Å². The van der Waals surface area contributed by atoms with Gasteiger partial charge in [0.1, 0.15) is 0 Å². The molecule has 3 aromatic rings. The van der Waals surface area contributed by atoms with Gasteiger partial charge in [0.05, 0.1) is 23.6 Å². The van der Waals surface area contributed by atoms with Gasteiger partial charge >= 0.3 is 0 Å². The molecule has 3 heterocycles. The normalized spacial score (nSPS) is 14.7. The number of amides is 1. The fraction of sp³-hybridized carbons (Fsp3) is 0.348. The van der Waals surface area contributed by atoms with Gasteiger partial charge in [-0.15, -0.1) is 0 Å². The van der Waals surface area contributed by atoms with Gasteiger partial charge in [0.2, 0.25) is 5.91 Å². The second kappa shape index (κ2) is 9.09. The third-order valence-corrected chi connectivity index (χ3v) is 5.51. The van der Waals surface area contributed by atoms with Gasteiger partial charge in [0.15, 0.2) is 5.82 Å². The number of aryl methyl sites for hydroxylation is 1. The maximum atomic E-state index is 12.3. The number of rotatable bonds is 6. The highest BCUT2D eigenvalue weighted by Gasteiger charge is 2.24. The summed E-state index contributed by atoms with van der Waals surface area (Å²) in [6, 6.07) is 15.8. The molecule has 1 aliphatic heterocycles. The molecule has 1 fully saturated rings. The molecule has 0 radical (unpaired) electrons. The number of aromatic nitrogens is 3. The molecule has 0 spiro atoms. The molecule has 7 nitrogen and oxygen atoms in total. The minimum absolute atomic E-state index is 0.0719. The lowest BCUT2D eigenvalue weighted by molar-refractivity contribution is -0.122. The van der Waals surface area contributed by atoms with Crippen LogP contribution in [-0.2, 0) is 11.3 Å². The predicted molar refractivity (Wildman–Crippen MR) is 118 cm³/mol. The summed E-state index contributed by atoms with van der Waals surface area (Å²) in [6.45, 7) is 8.61. The van der Waals surface area contributed by atoms with Crippen molar-refractivity contribution in [2.75, 3.05) is 37.6 Å². The molecule has 0 saturated carbocycles. The summed E-state index contributed by atoms with van der Waals surface area (Å²) in [5.41, 5.74) is 4.40. The minimum Gasteiger partial charge on any atom is -0.366 e. The number of hydrogen-bond donors (Lipinski definition) is 1. The van der Waals surface area contributed by atoms with Crippen LogP contribution in [0, 0.1) is 13.8 Å². The zero-order valence-corrected chi connectivity index (χ0v) is 17.6. The summed E-state index contributed by atoms with van der Waals surface area (Å²) < 4.78 is 1.91. The Labute approximate surface area is 177 Å². The van der Waals surface area contributed by atoms with E-state index in [-0.39, 0.29) is 5.91 Å². The van der Waals surface area contributed by atoms with E-state index in [1.807, 2.05) is 60.1 Å². The van der Waals surface area contributed by atoms with Crippen LogP contribution < -0.4 is 10.2 Å². The van der Waals surface area contributed by atoms with E-state index < -0.39 is 0 Å². The van der Waals surface area contributed by atoms with Gasteiger partial charge in [-0.05, 0) is 31.5 Å². The van der Waals surface area contributed by atoms with Crippen molar-refractivity contribution in [2.45, 2.75) is 20.4 Å². The number of pyridine rings is 1. The Morgan fingerprint density at radius 3 is 2.43 bits per heavy atom. The first-order chi connectivity index (χ1) is 14.6. The summed E-state index contributed by atoms with van der Waals surface area (Å²) in [5.74, 6) is 0.903. The Hall–Kier alpha value is -3.19. The highest BCUT2D eigenvalue weighted by molar-refractivity contribution is 5.78. The Kier molecular flexibility index (Phi) is 6.09. The Balaban J connectivity index is 1.32. The van der Waals surface area contributed by atoms with Crippen molar-refractivity contribution in [1.29, 1.82) is 0 Å². The van der Waals surface area contributed by atoms with Gasteiger partial charge in [-0.1, -0.05) is 36.4 Å². The van der Waals surface area contributed by atoms with Gasteiger partial charge in [-0.25, -0.2) is 9.67 Å². The molecule has 4 rings (SSSR count). The van der Waals surface area contributed by atoms with E-state index in [1.165, 1.54) is 5.69 Å². The average molecular weight is 405 g/mol. The van der Waals surface area contributed by atoms with Crippen LogP contribution in [0.2, 0.25) is 0 Å². The van der Waals surface area contributed by atoms with Gasteiger partial charge in [0.25, 0.3) is 0 Å². The largest absolute Gasteiger partial charge is 0.366 e. The lowest BCUT2D eigenvalue weighted by Crippen LogP contribution is -2.49. The number of nitrogens with zero attached hydrogens (tertiary/aromatic N) is 5. The SMILES string of the molecule is Cc1nn(-c2ccccn2)c(C)c1N1CCN(CC(=O)NCc2ccccc2)CC1. The maximum absolute atomic E-state index is 12.3. The lowest BCUT2D eigenvalue weighted by atomic mass is 10.2. The van der Waals surface area contributed by atoms with Crippen LogP contribution in [0.3, 0.4) is 0 Å². The molecular weight excluding hydrogens is 376 g/mol. The van der Waals surface area contributed by atoms with Crippen molar-refractivity contribution in [1.82, 2.24) is 25.0 Å². The molecule has 2 aromatic heterocycles. The smallest absolute Gasteiger partial charge is 0.234 e. The van der Waals surface area contributed by atoms with Crippen molar-refractivity contribution in [3.63, 3.8) is 0 Å². The number of hydrogen-bond acceptors (Lipinski definition) is 5. The quantitative estimate of drug-likeness (QED) is 0.683. The fourth-order valence-corrected chi connectivity index (χ4v) is 3.98. The van der Waals surface area contributed by atoms with Crippen molar-refractivity contribution in [3.8, 4) is 5.82 Å². The number of carbonyl (C=O) groups excluding carboxylic acids is 1. The average Bonchev–Trinajstić information content (AvgIpc) is 3.08. The van der Waals surface area contributed by atoms with Crippen LogP contribution in [0.5, 0.6) is 0 Å². The Morgan fingerprint density at radius 1 is 1.00 bits per heavy atom. The van der Waals surface area contributed by atoms with Crippen molar-refractivity contribution in [3.05, 3.63) is 71.7 Å². The summed E-state index contributed by atoms with van der Waals surface area (Å²) in [5, 5.41) is 7.73. The topological polar surface area (TPSA) is 66.3 Å². The number of piperazine rings is 1. The monoisotopic (exact) mass is 404 g/mol. The third kappa shape index (κ3) is 4.52. The number of nitrogens with one attached hydrogen (secondary N) is 1. The summed E-state index contributed by atoms with van der Waals surface area (Å²) in [6.07, 6.45) is 1.78. The van der Waals surface area contributed by atoms with Crippen molar-refractivity contribution in [2.24, 2.45) is 0 Å². The molecule has 0 atom stereocenters. The molecule has 0 bridgehead atoms. The van der Waals surface area contributed by atoms with Crippen LogP contribution in [0.25, 0.3) is 5.82 Å². The Bertz CT molecular complexity index is 978. The molecular formula is C23H28N6O. The van der Waals surface area contributed by atoms with Crippen LogP contribution in [0.1, 0.15) is 17.0 Å². The molecule has 156 valence electrons. The van der Waals surface area contributed by atoms with E-state index in [1.54, 1.807) is 6.20 Å². The third-order valence-electron chi connectivity index (χ3n) is 5.51.